The van der Waals surface area contributed by atoms with Crippen LogP contribution in [0.3, 0.4) is 0 Å². The minimum atomic E-state index is -1.94. The molecule has 2 unspecified atom stereocenters. The van der Waals surface area contributed by atoms with Crippen LogP contribution in [-0.2, 0) is 4.74 Å². The highest BCUT2D eigenvalue weighted by Crippen LogP contribution is 2.53. The maximum Gasteiger partial charge on any atom is 0.415 e. The van der Waals surface area contributed by atoms with E-state index in [2.05, 4.69) is 11.6 Å². The minimum absolute atomic E-state index is 0.0945. The first-order chi connectivity index (χ1) is 14.3. The van der Waals surface area contributed by atoms with Gasteiger partial charge in [0.25, 0.3) is 0 Å². The van der Waals surface area contributed by atoms with Crippen LogP contribution in [0.5, 0.6) is 0 Å². The maximum atomic E-state index is 14.2. The Morgan fingerprint density at radius 1 is 1.52 bits per heavy atom. The summed E-state index contributed by atoms with van der Waals surface area (Å²) in [5.41, 5.74) is -2.77. The Morgan fingerprint density at radius 2 is 2.16 bits per heavy atom. The van der Waals surface area contributed by atoms with Crippen molar-refractivity contribution in [1.82, 2.24) is 4.90 Å². The number of nitriles is 1. The van der Waals surface area contributed by atoms with Gasteiger partial charge in [-0.1, -0.05) is 20.4 Å². The van der Waals surface area contributed by atoms with Crippen LogP contribution in [-0.4, -0.2) is 45.8 Å². The molecule has 1 aliphatic carbocycles. The molecule has 2 rings (SSSR count). The Balaban J connectivity index is 2.23. The molecule has 0 spiro atoms. The van der Waals surface area contributed by atoms with Gasteiger partial charge in [-0.05, 0) is 51.7 Å². The van der Waals surface area contributed by atoms with E-state index >= 15 is 0 Å². The minimum Gasteiger partial charge on any atom is -0.443 e. The summed E-state index contributed by atoms with van der Waals surface area (Å²) in [6.07, 6.45) is 4.82. The van der Waals surface area contributed by atoms with E-state index < -0.39 is 28.5 Å². The van der Waals surface area contributed by atoms with E-state index in [1.807, 2.05) is 19.9 Å². The van der Waals surface area contributed by atoms with Crippen LogP contribution >= 0.6 is 11.8 Å². The Labute approximate surface area is 188 Å². The number of amides is 1. The Kier molecular flexibility index (Phi) is 7.77. The van der Waals surface area contributed by atoms with Crippen molar-refractivity contribution in [2.75, 3.05) is 12.3 Å². The lowest BCUT2D eigenvalue weighted by molar-refractivity contribution is 0.0306. The fourth-order valence-electron chi connectivity index (χ4n) is 2.98. The number of allylic oxidation sites excluding steroid dienone is 3. The highest BCUT2D eigenvalue weighted by Gasteiger charge is 2.43. The van der Waals surface area contributed by atoms with Crippen molar-refractivity contribution in [2.45, 2.75) is 65.1 Å². The average Bonchev–Trinajstić information content (AvgIpc) is 3.43. The second kappa shape index (κ2) is 9.58. The monoisotopic (exact) mass is 449 g/mol. The van der Waals surface area contributed by atoms with E-state index in [0.717, 1.165) is 30.9 Å². The van der Waals surface area contributed by atoms with Crippen LogP contribution in [0, 0.1) is 22.7 Å². The first-order valence-electron chi connectivity index (χ1n) is 10.4. The molecule has 2 aliphatic rings. The zero-order valence-electron chi connectivity index (χ0n) is 18.9. The number of hydrogen-bond acceptors (Lipinski definition) is 6. The van der Waals surface area contributed by atoms with Crippen LogP contribution in [0.15, 0.2) is 40.3 Å². The van der Waals surface area contributed by atoms with Crippen molar-refractivity contribution in [3.8, 4) is 6.07 Å². The molecule has 1 amide bonds. The topological polar surface area (TPSA) is 85.9 Å². The van der Waals surface area contributed by atoms with Crippen molar-refractivity contribution in [3.63, 3.8) is 0 Å². The second-order valence-corrected chi connectivity index (χ2v) is 10.5. The van der Waals surface area contributed by atoms with Crippen LogP contribution < -0.4 is 0 Å². The number of aliphatic imine (C=N–C) groups is 1. The molecule has 170 valence electrons. The van der Waals surface area contributed by atoms with Crippen molar-refractivity contribution in [2.24, 2.45) is 16.3 Å². The lowest BCUT2D eigenvalue weighted by Gasteiger charge is -2.34. The molecule has 2 atom stereocenters. The molecule has 0 bridgehead atoms. The first-order valence-corrected chi connectivity index (χ1v) is 11.4. The summed E-state index contributed by atoms with van der Waals surface area (Å²) in [5, 5.41) is 20.9. The third-order valence-corrected chi connectivity index (χ3v) is 6.47. The molecule has 8 heteroatoms. The summed E-state index contributed by atoms with van der Waals surface area (Å²) in [7, 11) is 0. The highest BCUT2D eigenvalue weighted by molar-refractivity contribution is 8.03. The SMILES string of the molecule is C=C/C(F)=C(\N=C/C(O)(C#N)C/C=C1\SCC(C)CN1C(=O)OC(C)(C)C)C1(C)CC1. The Bertz CT molecular complexity index is 849. The average molecular weight is 450 g/mol. The molecule has 0 radical (unpaired) electrons. The molecule has 31 heavy (non-hydrogen) atoms. The fraction of sp³-hybridized carbons (Fsp3) is 0.609. The molecule has 0 aromatic carbocycles. The molecular weight excluding hydrogens is 417 g/mol. The molecule has 1 aliphatic heterocycles. The summed E-state index contributed by atoms with van der Waals surface area (Å²) in [6, 6.07) is 1.84. The lowest BCUT2D eigenvalue weighted by Crippen LogP contribution is -2.41. The number of carbonyl (C=O) groups is 1. The molecule has 0 aromatic rings. The summed E-state index contributed by atoms with van der Waals surface area (Å²) in [6.45, 7) is 13.3. The normalized spacial score (nSPS) is 24.9. The highest BCUT2D eigenvalue weighted by atomic mass is 32.2. The largest absolute Gasteiger partial charge is 0.443 e. The van der Waals surface area contributed by atoms with Gasteiger partial charge in [0.05, 0.1) is 16.9 Å². The van der Waals surface area contributed by atoms with Gasteiger partial charge in [-0.2, -0.15) is 5.26 Å². The van der Waals surface area contributed by atoms with E-state index in [0.29, 0.717) is 11.6 Å². The zero-order chi connectivity index (χ0) is 23.4. The molecular formula is C23H32FN3O3S. The van der Waals surface area contributed by atoms with E-state index in [1.165, 1.54) is 16.7 Å². The van der Waals surface area contributed by atoms with E-state index in [-0.39, 0.29) is 18.0 Å². The van der Waals surface area contributed by atoms with Gasteiger partial charge in [0.2, 0.25) is 0 Å². The van der Waals surface area contributed by atoms with Crippen LogP contribution in [0.1, 0.15) is 53.9 Å². The number of carbonyl (C=O) groups excluding carboxylic acids is 1. The van der Waals surface area contributed by atoms with Crippen molar-refractivity contribution in [3.05, 3.63) is 35.3 Å². The summed E-state index contributed by atoms with van der Waals surface area (Å²) >= 11 is 1.47. The van der Waals surface area contributed by atoms with Gasteiger partial charge >= 0.3 is 6.09 Å². The molecule has 2 fully saturated rings. The summed E-state index contributed by atoms with van der Waals surface area (Å²) in [4.78, 5) is 18.3. The third kappa shape index (κ3) is 6.94. The molecule has 1 heterocycles. The molecule has 1 saturated carbocycles. The first kappa shape index (κ1) is 25.2. The predicted octanol–water partition coefficient (Wildman–Crippen LogP) is 5.33. The number of thioether (sulfide) groups is 1. The predicted molar refractivity (Wildman–Crippen MR) is 122 cm³/mol. The number of nitrogens with zero attached hydrogens (tertiary/aromatic N) is 3. The van der Waals surface area contributed by atoms with Crippen molar-refractivity contribution < 1.29 is 19.0 Å². The number of ether oxygens (including phenoxy) is 1. The third-order valence-electron chi connectivity index (χ3n) is 5.06. The van der Waals surface area contributed by atoms with Gasteiger partial charge in [-0.15, -0.1) is 11.8 Å². The van der Waals surface area contributed by atoms with Gasteiger partial charge in [0, 0.05) is 24.1 Å². The lowest BCUT2D eigenvalue weighted by atomic mass is 10.0. The van der Waals surface area contributed by atoms with Gasteiger partial charge in [0.15, 0.2) is 5.60 Å². The zero-order valence-corrected chi connectivity index (χ0v) is 19.8. The quantitative estimate of drug-likeness (QED) is 0.336. The van der Waals surface area contributed by atoms with Gasteiger partial charge in [0.1, 0.15) is 17.5 Å². The van der Waals surface area contributed by atoms with Crippen molar-refractivity contribution in [1.29, 1.82) is 5.26 Å². The van der Waals surface area contributed by atoms with Crippen LogP contribution in [0.2, 0.25) is 0 Å². The van der Waals surface area contributed by atoms with Gasteiger partial charge in [-0.25, -0.2) is 9.18 Å². The second-order valence-electron chi connectivity index (χ2n) is 9.51. The van der Waals surface area contributed by atoms with Gasteiger partial charge < -0.3 is 9.84 Å². The smallest absolute Gasteiger partial charge is 0.415 e. The molecule has 1 saturated heterocycles. The van der Waals surface area contributed by atoms with Gasteiger partial charge in [-0.3, -0.25) is 9.89 Å². The molecule has 1 N–H and O–H groups in total. The van der Waals surface area contributed by atoms with E-state index in [9.17, 15) is 19.6 Å². The number of hydrogen-bond donors (Lipinski definition) is 1. The summed E-state index contributed by atoms with van der Waals surface area (Å²) in [5.74, 6) is 0.530. The number of aliphatic hydroxyl groups is 1. The molecule has 0 aromatic heterocycles. The van der Waals surface area contributed by atoms with Crippen LogP contribution in [0.4, 0.5) is 9.18 Å². The number of rotatable bonds is 6. The number of halogens is 1. The standard InChI is InChI=1S/C23H32FN3O3S/c1-7-17(24)19(22(6)10-11-22)26-15-23(29,14-25)9-8-18-27(12-16(2)13-31-18)20(28)30-21(3,4)5/h7-8,15-16,29H,1,9-13H2,2-6H3/b18-8-,19-17+,26-15-. The van der Waals surface area contributed by atoms with Crippen LogP contribution in [0.25, 0.3) is 0 Å². The Morgan fingerprint density at radius 3 is 2.68 bits per heavy atom. The van der Waals surface area contributed by atoms with E-state index in [1.54, 1.807) is 26.8 Å². The maximum absolute atomic E-state index is 14.2. The van der Waals surface area contributed by atoms with E-state index in [4.69, 9.17) is 4.74 Å². The summed E-state index contributed by atoms with van der Waals surface area (Å²) < 4.78 is 19.7. The van der Waals surface area contributed by atoms with Crippen molar-refractivity contribution >= 4 is 24.1 Å². The Hall–Kier alpha value is -2.11. The molecule has 6 nitrogen and oxygen atoms in total. The fourth-order valence-corrected chi connectivity index (χ4v) is 4.05.